The Morgan fingerprint density at radius 1 is 1.15 bits per heavy atom. The van der Waals surface area contributed by atoms with E-state index in [-0.39, 0.29) is 12.3 Å². The largest absolute Gasteiger partial charge is 0.330 e. The average molecular weight is 212 g/mol. The van der Waals surface area contributed by atoms with Crippen LogP contribution in [0.5, 0.6) is 0 Å². The van der Waals surface area contributed by atoms with E-state index < -0.39 is 14.6 Å². The lowest BCUT2D eigenvalue weighted by atomic mass is 10.3. The van der Waals surface area contributed by atoms with Gasteiger partial charge >= 0.3 is 10.0 Å². The summed E-state index contributed by atoms with van der Waals surface area (Å²) in [4.78, 5) is 0. The minimum absolute atomic E-state index is 0.0645. The number of sulfonamides is 1. The molecular formula is C8H19FNO2S+. The molecule has 0 aliphatic carbocycles. The van der Waals surface area contributed by atoms with Crippen LogP contribution in [0.3, 0.4) is 0 Å². The normalized spacial score (nSPS) is 14.4. The van der Waals surface area contributed by atoms with Crippen molar-refractivity contribution < 1.29 is 17.4 Å². The van der Waals surface area contributed by atoms with Gasteiger partial charge in [0, 0.05) is 10.9 Å². The van der Waals surface area contributed by atoms with Crippen molar-refractivity contribution >= 4 is 10.0 Å². The molecule has 1 atom stereocenters. The summed E-state index contributed by atoms with van der Waals surface area (Å²) >= 11 is 0. The van der Waals surface area contributed by atoms with E-state index >= 15 is 0 Å². The highest BCUT2D eigenvalue weighted by atomic mass is 32.2. The van der Waals surface area contributed by atoms with Gasteiger partial charge in [0.15, 0.2) is 0 Å². The van der Waals surface area contributed by atoms with Crippen LogP contribution in [-0.2, 0) is 10.0 Å². The number of quaternary nitrogens is 1. The molecule has 0 fully saturated rings. The third kappa shape index (κ3) is 5.21. The third-order valence-corrected chi connectivity index (χ3v) is 3.61. The Labute approximate surface area is 79.9 Å². The summed E-state index contributed by atoms with van der Waals surface area (Å²) in [6, 6.07) is 0. The van der Waals surface area contributed by atoms with Crippen LogP contribution in [0.1, 0.15) is 39.5 Å². The number of halogens is 1. The lowest BCUT2D eigenvalue weighted by molar-refractivity contribution is -0.924. The first kappa shape index (κ1) is 12.8. The molecule has 1 N–H and O–H groups in total. The van der Waals surface area contributed by atoms with Crippen LogP contribution in [0.15, 0.2) is 0 Å². The monoisotopic (exact) mass is 212 g/mol. The molecule has 0 rings (SSSR count). The molecule has 0 heterocycles. The Balaban J connectivity index is 3.87. The molecule has 1 unspecified atom stereocenters. The Bertz CT molecular complexity index is 216. The SMILES string of the molecule is CCCCC[NH+](F)S(=O)(=O)CCC. The van der Waals surface area contributed by atoms with Crippen LogP contribution in [0.2, 0.25) is 0 Å². The Kier molecular flexibility index (Phi) is 6.24. The van der Waals surface area contributed by atoms with E-state index in [0.717, 1.165) is 12.8 Å². The van der Waals surface area contributed by atoms with Gasteiger partial charge in [-0.05, 0) is 17.4 Å². The third-order valence-electron chi connectivity index (χ3n) is 1.79. The van der Waals surface area contributed by atoms with Crippen LogP contribution in [0.25, 0.3) is 0 Å². The van der Waals surface area contributed by atoms with E-state index in [1.54, 1.807) is 6.92 Å². The molecule has 0 aromatic heterocycles. The summed E-state index contributed by atoms with van der Waals surface area (Å²) in [5, 5.41) is 0. The summed E-state index contributed by atoms with van der Waals surface area (Å²) in [5.41, 5.74) is 0. The minimum Gasteiger partial charge on any atom is -0.170 e. The van der Waals surface area contributed by atoms with Crippen LogP contribution in [0.4, 0.5) is 4.48 Å². The van der Waals surface area contributed by atoms with Crippen molar-refractivity contribution in [3.8, 4) is 0 Å². The zero-order valence-corrected chi connectivity index (χ0v) is 9.16. The zero-order valence-electron chi connectivity index (χ0n) is 8.35. The predicted octanol–water partition coefficient (Wildman–Crippen LogP) is 0.686. The standard InChI is InChI=1S/C8H18FNO2S/c1-3-5-6-7-10(9)13(11,12)8-4-2/h3-8H2,1-2H3/p+1. The van der Waals surface area contributed by atoms with Gasteiger partial charge in [-0.25, -0.2) is 0 Å². The van der Waals surface area contributed by atoms with Crippen molar-refractivity contribution in [3.63, 3.8) is 0 Å². The lowest BCUT2D eigenvalue weighted by Gasteiger charge is -2.06. The second kappa shape index (κ2) is 6.32. The van der Waals surface area contributed by atoms with Crippen molar-refractivity contribution in [3.05, 3.63) is 0 Å². The molecule has 0 aromatic rings. The van der Waals surface area contributed by atoms with Crippen molar-refractivity contribution in [1.29, 1.82) is 0 Å². The maximum absolute atomic E-state index is 13.0. The van der Waals surface area contributed by atoms with E-state index in [1.807, 2.05) is 6.92 Å². The molecular weight excluding hydrogens is 193 g/mol. The quantitative estimate of drug-likeness (QED) is 0.498. The summed E-state index contributed by atoms with van der Waals surface area (Å²) in [7, 11) is -3.54. The van der Waals surface area contributed by atoms with E-state index in [9.17, 15) is 12.9 Å². The first-order valence-corrected chi connectivity index (χ1v) is 6.44. The molecule has 0 aliphatic rings. The van der Waals surface area contributed by atoms with Gasteiger partial charge in [0.25, 0.3) is 0 Å². The highest BCUT2D eigenvalue weighted by Gasteiger charge is 2.24. The van der Waals surface area contributed by atoms with Gasteiger partial charge in [-0.15, -0.1) is 0 Å². The zero-order chi connectivity index (χ0) is 10.3. The molecule has 80 valence electrons. The van der Waals surface area contributed by atoms with Crippen molar-refractivity contribution in [2.45, 2.75) is 39.5 Å². The fraction of sp³-hybridized carbons (Fsp3) is 1.00. The molecule has 0 amide bonds. The molecule has 0 spiro atoms. The fourth-order valence-electron chi connectivity index (χ4n) is 1.05. The highest BCUT2D eigenvalue weighted by molar-refractivity contribution is 7.84. The molecule has 13 heavy (non-hydrogen) atoms. The van der Waals surface area contributed by atoms with Crippen LogP contribution in [0, 0.1) is 0 Å². The summed E-state index contributed by atoms with van der Waals surface area (Å²) in [5.74, 6) is -0.0645. The Hall–Kier alpha value is -0.160. The first-order chi connectivity index (χ1) is 6.04. The number of unbranched alkanes of at least 4 members (excludes halogenated alkanes) is 2. The Morgan fingerprint density at radius 3 is 2.23 bits per heavy atom. The second-order valence-corrected chi connectivity index (χ2v) is 5.21. The fourth-order valence-corrected chi connectivity index (χ4v) is 2.26. The Morgan fingerprint density at radius 2 is 1.77 bits per heavy atom. The predicted molar refractivity (Wildman–Crippen MR) is 50.5 cm³/mol. The minimum atomic E-state index is -3.54. The van der Waals surface area contributed by atoms with Gasteiger partial charge < -0.3 is 0 Å². The van der Waals surface area contributed by atoms with Crippen LogP contribution < -0.4 is 4.53 Å². The van der Waals surface area contributed by atoms with E-state index in [4.69, 9.17) is 0 Å². The van der Waals surface area contributed by atoms with Gasteiger partial charge in [-0.1, -0.05) is 20.3 Å². The highest BCUT2D eigenvalue weighted by Crippen LogP contribution is 1.91. The average Bonchev–Trinajstić information content (AvgIpc) is 2.04. The number of hydrogen-bond donors (Lipinski definition) is 1. The van der Waals surface area contributed by atoms with E-state index in [1.165, 1.54) is 0 Å². The molecule has 0 saturated carbocycles. The topological polar surface area (TPSA) is 38.6 Å². The van der Waals surface area contributed by atoms with E-state index in [0.29, 0.717) is 12.8 Å². The summed E-state index contributed by atoms with van der Waals surface area (Å²) in [6.07, 6.45) is 2.96. The molecule has 5 heteroatoms. The number of nitrogens with one attached hydrogen (secondary N) is 1. The molecule has 0 bridgehead atoms. The maximum Gasteiger partial charge on any atom is 0.330 e. The molecule has 0 aliphatic heterocycles. The summed E-state index contributed by atoms with van der Waals surface area (Å²) < 4.78 is 34.4. The van der Waals surface area contributed by atoms with Gasteiger partial charge in [-0.2, -0.15) is 8.42 Å². The lowest BCUT2D eigenvalue weighted by Crippen LogP contribution is -3.07. The summed E-state index contributed by atoms with van der Waals surface area (Å²) in [6.45, 7) is 3.81. The van der Waals surface area contributed by atoms with Crippen molar-refractivity contribution in [2.24, 2.45) is 0 Å². The molecule has 0 saturated heterocycles. The van der Waals surface area contributed by atoms with Crippen molar-refractivity contribution in [2.75, 3.05) is 12.3 Å². The molecule has 3 nitrogen and oxygen atoms in total. The van der Waals surface area contributed by atoms with Gasteiger partial charge in [0.2, 0.25) is 0 Å². The van der Waals surface area contributed by atoms with Gasteiger partial charge in [0.1, 0.15) is 12.3 Å². The van der Waals surface area contributed by atoms with E-state index in [2.05, 4.69) is 0 Å². The van der Waals surface area contributed by atoms with Crippen LogP contribution in [-0.4, -0.2) is 20.7 Å². The van der Waals surface area contributed by atoms with Gasteiger partial charge in [-0.3, -0.25) is 0 Å². The first-order valence-electron chi connectivity index (χ1n) is 4.78. The smallest absolute Gasteiger partial charge is 0.170 e. The van der Waals surface area contributed by atoms with Crippen LogP contribution >= 0.6 is 0 Å². The van der Waals surface area contributed by atoms with Crippen molar-refractivity contribution in [1.82, 2.24) is 0 Å². The maximum atomic E-state index is 13.0. The number of hydrogen-bond acceptors (Lipinski definition) is 2. The molecule has 0 aromatic carbocycles. The molecule has 0 radical (unpaired) electrons. The number of rotatable bonds is 7. The second-order valence-electron chi connectivity index (χ2n) is 3.13. The van der Waals surface area contributed by atoms with Gasteiger partial charge in [0.05, 0.1) is 0 Å².